The molecule has 0 aliphatic heterocycles. The van der Waals surface area contributed by atoms with E-state index in [9.17, 15) is 14.9 Å². The van der Waals surface area contributed by atoms with E-state index in [1.54, 1.807) is 22.6 Å². The fourth-order valence-corrected chi connectivity index (χ4v) is 2.51. The van der Waals surface area contributed by atoms with Gasteiger partial charge in [-0.1, -0.05) is 0 Å². The van der Waals surface area contributed by atoms with Gasteiger partial charge >= 0.3 is 11.7 Å². The highest BCUT2D eigenvalue weighted by molar-refractivity contribution is 14.1. The molecule has 1 aromatic carbocycles. The highest BCUT2D eigenvalue weighted by atomic mass is 127. The maximum Gasteiger partial charge on any atom is 0.345 e. The van der Waals surface area contributed by atoms with E-state index in [-0.39, 0.29) is 22.9 Å². The number of hydrogen-bond acceptors (Lipinski definition) is 5. The number of rotatable bonds is 5. The van der Waals surface area contributed by atoms with Gasteiger partial charge < -0.3 is 9.84 Å². The van der Waals surface area contributed by atoms with Crippen LogP contribution >= 0.6 is 22.6 Å². The van der Waals surface area contributed by atoms with Crippen molar-refractivity contribution in [3.63, 3.8) is 0 Å². The molecule has 0 saturated heterocycles. The van der Waals surface area contributed by atoms with Gasteiger partial charge in [-0.2, -0.15) is 5.26 Å². The number of aliphatic carboxylic acids is 1. The van der Waals surface area contributed by atoms with Gasteiger partial charge in [0.2, 0.25) is 5.75 Å². The molecule has 1 aliphatic rings. The Labute approximate surface area is 127 Å². The van der Waals surface area contributed by atoms with Crippen molar-refractivity contribution in [3.05, 3.63) is 31.4 Å². The zero-order valence-corrected chi connectivity index (χ0v) is 12.2. The second kappa shape index (κ2) is 5.62. The third-order valence-corrected chi connectivity index (χ3v) is 3.69. The van der Waals surface area contributed by atoms with Crippen molar-refractivity contribution >= 4 is 34.2 Å². The standard InChI is InChI=1S/C12H9IN2O5/c13-8-3-6(5-14)4-9(15(18)19)11(8)20-10(12(16)17)7-1-2-7/h3-4,7,10H,1-2H2,(H,16,17). The van der Waals surface area contributed by atoms with Gasteiger partial charge in [-0.3, -0.25) is 10.1 Å². The summed E-state index contributed by atoms with van der Waals surface area (Å²) in [6, 6.07) is 4.33. The predicted octanol–water partition coefficient (Wildman–Crippen LogP) is 2.31. The van der Waals surface area contributed by atoms with Crippen LogP contribution in [-0.2, 0) is 4.79 Å². The molecule has 0 amide bonds. The molecule has 8 heteroatoms. The SMILES string of the molecule is N#Cc1cc(I)c(OC(C(=O)O)C2CC2)c([N+](=O)[O-])c1. The second-order valence-electron chi connectivity index (χ2n) is 4.39. The number of carboxylic acids is 1. The first kappa shape index (κ1) is 14.5. The van der Waals surface area contributed by atoms with E-state index in [0.29, 0.717) is 3.57 Å². The lowest BCUT2D eigenvalue weighted by molar-refractivity contribution is -0.386. The van der Waals surface area contributed by atoms with E-state index in [1.807, 2.05) is 6.07 Å². The molecule has 0 bridgehead atoms. The number of ether oxygens (including phenoxy) is 1. The number of benzene rings is 1. The first-order chi connectivity index (χ1) is 9.43. The Bertz CT molecular complexity index is 621. The number of halogens is 1. The number of carboxylic acid groups (broad SMARTS) is 1. The van der Waals surface area contributed by atoms with E-state index in [4.69, 9.17) is 15.1 Å². The van der Waals surface area contributed by atoms with Crippen LogP contribution in [0, 0.1) is 30.9 Å². The number of nitrogens with zero attached hydrogens (tertiary/aromatic N) is 2. The van der Waals surface area contributed by atoms with Gasteiger partial charge in [0.05, 0.1) is 20.1 Å². The molecule has 1 fully saturated rings. The van der Waals surface area contributed by atoms with Crippen LogP contribution in [0.15, 0.2) is 12.1 Å². The molecule has 1 aromatic rings. The van der Waals surface area contributed by atoms with Crippen molar-refractivity contribution in [2.45, 2.75) is 18.9 Å². The molecular weight excluding hydrogens is 379 g/mol. The second-order valence-corrected chi connectivity index (χ2v) is 5.55. The normalized spacial score (nSPS) is 15.2. The summed E-state index contributed by atoms with van der Waals surface area (Å²) in [6.45, 7) is 0. The molecule has 0 radical (unpaired) electrons. The Morgan fingerprint density at radius 1 is 1.60 bits per heavy atom. The van der Waals surface area contributed by atoms with Crippen LogP contribution in [0.1, 0.15) is 18.4 Å². The molecular formula is C12H9IN2O5. The summed E-state index contributed by atoms with van der Waals surface area (Å²) in [7, 11) is 0. The van der Waals surface area contributed by atoms with Gasteiger partial charge in [-0.15, -0.1) is 0 Å². The molecule has 1 atom stereocenters. The molecule has 1 saturated carbocycles. The number of nitro benzene ring substituents is 1. The van der Waals surface area contributed by atoms with Gasteiger partial charge in [-0.25, -0.2) is 4.79 Å². The quantitative estimate of drug-likeness (QED) is 0.471. The number of nitro groups is 1. The average molecular weight is 388 g/mol. The minimum atomic E-state index is -1.14. The topological polar surface area (TPSA) is 113 Å². The van der Waals surface area contributed by atoms with Crippen molar-refractivity contribution in [3.8, 4) is 11.8 Å². The van der Waals surface area contributed by atoms with Crippen LogP contribution < -0.4 is 4.74 Å². The fourth-order valence-electron chi connectivity index (χ4n) is 1.77. The Balaban J connectivity index is 2.42. The van der Waals surface area contributed by atoms with E-state index in [2.05, 4.69) is 0 Å². The predicted molar refractivity (Wildman–Crippen MR) is 75.3 cm³/mol. The van der Waals surface area contributed by atoms with Crippen LogP contribution in [-0.4, -0.2) is 22.1 Å². The number of nitriles is 1. The monoisotopic (exact) mass is 388 g/mol. The van der Waals surface area contributed by atoms with Crippen molar-refractivity contribution < 1.29 is 19.6 Å². The number of carbonyl (C=O) groups is 1. The van der Waals surface area contributed by atoms with Gasteiger partial charge in [0.1, 0.15) is 0 Å². The summed E-state index contributed by atoms with van der Waals surface area (Å²) in [5.41, 5.74) is -0.257. The van der Waals surface area contributed by atoms with Crippen LogP contribution in [0.25, 0.3) is 0 Å². The third-order valence-electron chi connectivity index (χ3n) is 2.89. The molecule has 7 nitrogen and oxygen atoms in total. The zero-order valence-electron chi connectivity index (χ0n) is 10.1. The Morgan fingerprint density at radius 2 is 2.25 bits per heavy atom. The van der Waals surface area contributed by atoms with Crippen molar-refractivity contribution in [2.75, 3.05) is 0 Å². The lowest BCUT2D eigenvalue weighted by Crippen LogP contribution is -2.29. The fraction of sp³-hybridized carbons (Fsp3) is 0.333. The zero-order chi connectivity index (χ0) is 14.9. The first-order valence-electron chi connectivity index (χ1n) is 5.71. The molecule has 1 unspecified atom stereocenters. The van der Waals surface area contributed by atoms with Gasteiger partial charge in [0, 0.05) is 12.0 Å². The maximum absolute atomic E-state index is 11.2. The minimum Gasteiger partial charge on any atom is -0.478 e. The first-order valence-corrected chi connectivity index (χ1v) is 6.79. The highest BCUT2D eigenvalue weighted by Gasteiger charge is 2.39. The summed E-state index contributed by atoms with van der Waals surface area (Å²) in [5, 5.41) is 29.0. The van der Waals surface area contributed by atoms with Crippen molar-refractivity contribution in [1.82, 2.24) is 0 Å². The number of hydrogen-bond donors (Lipinski definition) is 1. The maximum atomic E-state index is 11.2. The van der Waals surface area contributed by atoms with Crippen LogP contribution in [0.5, 0.6) is 5.75 Å². The third kappa shape index (κ3) is 2.98. The molecule has 0 heterocycles. The molecule has 2 rings (SSSR count). The molecule has 104 valence electrons. The van der Waals surface area contributed by atoms with Gasteiger partial charge in [0.15, 0.2) is 6.10 Å². The minimum absolute atomic E-state index is 0.0890. The van der Waals surface area contributed by atoms with Gasteiger partial charge in [0.25, 0.3) is 0 Å². The molecule has 20 heavy (non-hydrogen) atoms. The Hall–Kier alpha value is -1.89. The van der Waals surface area contributed by atoms with Crippen LogP contribution in [0.2, 0.25) is 0 Å². The van der Waals surface area contributed by atoms with E-state index in [1.165, 1.54) is 6.07 Å². The van der Waals surface area contributed by atoms with Crippen LogP contribution in [0.4, 0.5) is 5.69 Å². The smallest absolute Gasteiger partial charge is 0.345 e. The lowest BCUT2D eigenvalue weighted by Gasteiger charge is -2.15. The van der Waals surface area contributed by atoms with E-state index in [0.717, 1.165) is 18.9 Å². The Kier molecular flexibility index (Phi) is 4.08. The molecule has 0 spiro atoms. The molecule has 1 aliphatic carbocycles. The summed E-state index contributed by atoms with van der Waals surface area (Å²) in [5.74, 6) is -1.34. The van der Waals surface area contributed by atoms with E-state index >= 15 is 0 Å². The van der Waals surface area contributed by atoms with Crippen molar-refractivity contribution in [1.29, 1.82) is 5.26 Å². The Morgan fingerprint density at radius 3 is 2.70 bits per heavy atom. The summed E-state index contributed by atoms with van der Waals surface area (Å²) < 4.78 is 5.71. The summed E-state index contributed by atoms with van der Waals surface area (Å²) in [6.07, 6.45) is 0.380. The lowest BCUT2D eigenvalue weighted by atomic mass is 10.2. The van der Waals surface area contributed by atoms with E-state index < -0.39 is 17.0 Å². The largest absolute Gasteiger partial charge is 0.478 e. The van der Waals surface area contributed by atoms with Crippen molar-refractivity contribution in [2.24, 2.45) is 5.92 Å². The molecule has 1 N–H and O–H groups in total. The summed E-state index contributed by atoms with van der Waals surface area (Å²) in [4.78, 5) is 21.5. The average Bonchev–Trinajstić information content (AvgIpc) is 3.20. The van der Waals surface area contributed by atoms with Crippen LogP contribution in [0.3, 0.4) is 0 Å². The van der Waals surface area contributed by atoms with Gasteiger partial charge in [-0.05, 0) is 41.5 Å². The summed E-state index contributed by atoms with van der Waals surface area (Å²) >= 11 is 1.80. The highest BCUT2D eigenvalue weighted by Crippen LogP contribution is 2.39. The molecule has 0 aromatic heterocycles.